The number of benzene rings is 2. The Bertz CT molecular complexity index is 1100. The summed E-state index contributed by atoms with van der Waals surface area (Å²) in [4.78, 5) is 13.1. The molecule has 7 nitrogen and oxygen atoms in total. The van der Waals surface area contributed by atoms with Gasteiger partial charge in [-0.15, -0.1) is 11.3 Å². The second kappa shape index (κ2) is 10.2. The molecular weight excluding hydrogens is 454 g/mol. The Kier molecular flexibility index (Phi) is 6.94. The molecule has 0 bridgehead atoms. The Morgan fingerprint density at radius 2 is 1.71 bits per heavy atom. The number of amides is 1. The average molecular weight is 482 g/mol. The van der Waals surface area contributed by atoms with Crippen LogP contribution < -0.4 is 5.32 Å². The van der Waals surface area contributed by atoms with E-state index in [1.165, 1.54) is 22.5 Å². The van der Waals surface area contributed by atoms with E-state index < -0.39 is 24.6 Å². The molecule has 2 aromatic carbocycles. The minimum absolute atomic E-state index is 0.00817. The van der Waals surface area contributed by atoms with Gasteiger partial charge in [0.25, 0.3) is 0 Å². The van der Waals surface area contributed by atoms with Crippen LogP contribution in [-0.2, 0) is 14.2 Å². The fourth-order valence-electron chi connectivity index (χ4n) is 4.52. The predicted molar refractivity (Wildman–Crippen MR) is 128 cm³/mol. The Morgan fingerprint density at radius 1 is 1.06 bits per heavy atom. The lowest BCUT2D eigenvalue weighted by atomic mass is 9.98. The summed E-state index contributed by atoms with van der Waals surface area (Å²) in [7, 11) is 0. The van der Waals surface area contributed by atoms with Crippen molar-refractivity contribution in [1.82, 2.24) is 5.32 Å². The fraction of sp³-hybridized carbons (Fsp3) is 0.346. The van der Waals surface area contributed by atoms with E-state index in [2.05, 4.69) is 29.6 Å². The number of fused-ring (bicyclic) bond motifs is 3. The molecule has 8 heteroatoms. The van der Waals surface area contributed by atoms with E-state index in [0.29, 0.717) is 18.8 Å². The quantitative estimate of drug-likeness (QED) is 0.448. The number of ether oxygens (including phenoxy) is 3. The maximum Gasteiger partial charge on any atom is 0.407 e. The summed E-state index contributed by atoms with van der Waals surface area (Å²) in [6.45, 7) is 1.50. The Balaban J connectivity index is 1.10. The third kappa shape index (κ3) is 4.73. The van der Waals surface area contributed by atoms with Gasteiger partial charge in [-0.25, -0.2) is 4.79 Å². The summed E-state index contributed by atoms with van der Waals surface area (Å²) in [5.74, 6) is -0.00817. The fourth-order valence-corrected chi connectivity index (χ4v) is 5.45. The number of carbonyl (C=O) groups excluding carboxylic acids is 1. The summed E-state index contributed by atoms with van der Waals surface area (Å²) < 4.78 is 16.4. The van der Waals surface area contributed by atoms with E-state index >= 15 is 0 Å². The molecule has 5 rings (SSSR count). The van der Waals surface area contributed by atoms with Crippen LogP contribution in [0.2, 0.25) is 0 Å². The predicted octanol–water partition coefficient (Wildman–Crippen LogP) is 4.12. The minimum Gasteiger partial charge on any atom is -0.449 e. The summed E-state index contributed by atoms with van der Waals surface area (Å²) in [6.07, 6.45) is -2.85. The van der Waals surface area contributed by atoms with Gasteiger partial charge in [0.1, 0.15) is 12.7 Å². The highest BCUT2D eigenvalue weighted by Crippen LogP contribution is 2.44. The lowest BCUT2D eigenvalue weighted by Gasteiger charge is -2.18. The van der Waals surface area contributed by atoms with Gasteiger partial charge in [0, 0.05) is 12.5 Å². The number of aliphatic hydroxyl groups is 2. The zero-order valence-corrected chi connectivity index (χ0v) is 19.4. The molecule has 2 unspecified atom stereocenters. The summed E-state index contributed by atoms with van der Waals surface area (Å²) in [6, 6.07) is 18.1. The van der Waals surface area contributed by atoms with Crippen molar-refractivity contribution < 1.29 is 29.2 Å². The van der Waals surface area contributed by atoms with E-state index in [1.807, 2.05) is 24.3 Å². The Morgan fingerprint density at radius 3 is 2.38 bits per heavy atom. The first-order valence-electron chi connectivity index (χ1n) is 11.4. The lowest BCUT2D eigenvalue weighted by molar-refractivity contribution is -0.0415. The van der Waals surface area contributed by atoms with Crippen LogP contribution in [0.15, 0.2) is 60.0 Å². The van der Waals surface area contributed by atoms with Gasteiger partial charge < -0.3 is 29.7 Å². The summed E-state index contributed by atoms with van der Waals surface area (Å²) in [5.41, 5.74) is 5.25. The second-order valence-corrected chi connectivity index (χ2v) is 9.35. The zero-order chi connectivity index (χ0) is 23.5. The van der Waals surface area contributed by atoms with Crippen LogP contribution in [0.4, 0.5) is 4.79 Å². The van der Waals surface area contributed by atoms with E-state index in [1.54, 1.807) is 11.4 Å². The number of hydrogen-bond donors (Lipinski definition) is 3. The number of carbonyl (C=O) groups is 1. The molecule has 2 aliphatic rings. The highest BCUT2D eigenvalue weighted by Gasteiger charge is 2.29. The number of alkyl carbamates (subject to hydrolysis) is 1. The molecule has 1 aromatic heterocycles. The van der Waals surface area contributed by atoms with Gasteiger partial charge in [0.05, 0.1) is 24.2 Å². The number of hydrogen-bond acceptors (Lipinski definition) is 7. The normalized spacial score (nSPS) is 17.2. The minimum atomic E-state index is -1.06. The number of aliphatic hydroxyl groups excluding tert-OH is 2. The molecule has 1 saturated heterocycles. The van der Waals surface area contributed by atoms with Crippen LogP contribution >= 0.6 is 11.3 Å². The molecule has 178 valence electrons. The van der Waals surface area contributed by atoms with E-state index in [4.69, 9.17) is 14.2 Å². The molecule has 0 spiro atoms. The van der Waals surface area contributed by atoms with Crippen molar-refractivity contribution in [1.29, 1.82) is 0 Å². The van der Waals surface area contributed by atoms with Gasteiger partial charge in [-0.3, -0.25) is 0 Å². The van der Waals surface area contributed by atoms with Crippen molar-refractivity contribution in [2.24, 2.45) is 0 Å². The standard InChI is InChI=1S/C26H27NO6S/c28-22(24(29)16-13-23(34-15-16)25-31-11-12-32-25)9-10-27-26(30)33-14-21-19-7-3-1-5-17(19)18-6-2-4-8-20(18)21/h1-8,13,15,21-22,24-25,28-29H,9-12,14H2,(H,27,30). The number of nitrogens with one attached hydrogen (secondary N) is 1. The first-order chi connectivity index (χ1) is 16.6. The molecule has 34 heavy (non-hydrogen) atoms. The van der Waals surface area contributed by atoms with E-state index in [0.717, 1.165) is 16.0 Å². The van der Waals surface area contributed by atoms with Gasteiger partial charge in [-0.2, -0.15) is 0 Å². The Labute approximate surface area is 201 Å². The van der Waals surface area contributed by atoms with Crippen LogP contribution in [0.25, 0.3) is 11.1 Å². The van der Waals surface area contributed by atoms with Gasteiger partial charge in [0.15, 0.2) is 6.29 Å². The highest BCUT2D eigenvalue weighted by molar-refractivity contribution is 7.10. The van der Waals surface area contributed by atoms with Gasteiger partial charge in [-0.1, -0.05) is 48.5 Å². The van der Waals surface area contributed by atoms with E-state index in [-0.39, 0.29) is 25.5 Å². The van der Waals surface area contributed by atoms with Crippen LogP contribution in [-0.4, -0.2) is 48.8 Å². The van der Waals surface area contributed by atoms with Crippen LogP contribution in [0.5, 0.6) is 0 Å². The maximum absolute atomic E-state index is 12.3. The summed E-state index contributed by atoms with van der Waals surface area (Å²) >= 11 is 1.42. The molecule has 1 fully saturated rings. The highest BCUT2D eigenvalue weighted by atomic mass is 32.1. The lowest BCUT2D eigenvalue weighted by Crippen LogP contribution is -2.30. The average Bonchev–Trinajstić information content (AvgIpc) is 3.61. The first kappa shape index (κ1) is 23.0. The monoisotopic (exact) mass is 481 g/mol. The van der Waals surface area contributed by atoms with Gasteiger partial charge in [-0.05, 0) is 45.7 Å². The molecule has 3 N–H and O–H groups in total. The first-order valence-corrected chi connectivity index (χ1v) is 12.3. The molecule has 2 atom stereocenters. The molecule has 1 amide bonds. The molecule has 1 aliphatic heterocycles. The molecule has 3 aromatic rings. The molecule has 0 radical (unpaired) electrons. The molecular formula is C26H27NO6S. The second-order valence-electron chi connectivity index (χ2n) is 8.41. The maximum atomic E-state index is 12.3. The van der Waals surface area contributed by atoms with Crippen molar-refractivity contribution >= 4 is 17.4 Å². The largest absolute Gasteiger partial charge is 0.449 e. The van der Waals surface area contributed by atoms with Crippen LogP contribution in [0.3, 0.4) is 0 Å². The third-order valence-electron chi connectivity index (χ3n) is 6.25. The van der Waals surface area contributed by atoms with Crippen molar-refractivity contribution in [2.75, 3.05) is 26.4 Å². The van der Waals surface area contributed by atoms with Gasteiger partial charge in [0.2, 0.25) is 0 Å². The van der Waals surface area contributed by atoms with Crippen molar-refractivity contribution in [3.05, 3.63) is 81.5 Å². The van der Waals surface area contributed by atoms with Crippen molar-refractivity contribution in [3.63, 3.8) is 0 Å². The Hall–Kier alpha value is -2.75. The van der Waals surface area contributed by atoms with Gasteiger partial charge >= 0.3 is 6.09 Å². The van der Waals surface area contributed by atoms with Crippen molar-refractivity contribution in [2.45, 2.75) is 30.8 Å². The SMILES string of the molecule is O=C(NCCC(O)C(O)c1csc(C2OCCO2)c1)OCC1c2ccccc2-c2ccccc21. The van der Waals surface area contributed by atoms with Crippen LogP contribution in [0.1, 0.15) is 46.3 Å². The molecule has 2 heterocycles. The smallest absolute Gasteiger partial charge is 0.407 e. The number of rotatable bonds is 8. The molecule has 1 aliphatic carbocycles. The zero-order valence-electron chi connectivity index (χ0n) is 18.6. The number of thiophene rings is 1. The summed E-state index contributed by atoms with van der Waals surface area (Å²) in [5, 5.41) is 25.3. The van der Waals surface area contributed by atoms with Crippen LogP contribution in [0, 0.1) is 0 Å². The van der Waals surface area contributed by atoms with E-state index in [9.17, 15) is 15.0 Å². The topological polar surface area (TPSA) is 97.3 Å². The van der Waals surface area contributed by atoms with Crippen molar-refractivity contribution in [3.8, 4) is 11.1 Å². The third-order valence-corrected chi connectivity index (χ3v) is 7.23. The molecule has 0 saturated carbocycles.